The first-order chi connectivity index (χ1) is 17.1. The Kier molecular flexibility index (Phi) is 27.2. The second-order valence-corrected chi connectivity index (χ2v) is 16.1. The molecular weight excluding hydrogens is 447 g/mol. The van der Waals surface area contributed by atoms with E-state index in [1.807, 2.05) is 0 Å². The minimum absolute atomic E-state index is 0.139. The van der Waals surface area contributed by atoms with Crippen LogP contribution in [0.5, 0.6) is 0 Å². The number of hydrogen-bond acceptors (Lipinski definition) is 1. The Balaban J connectivity index is 3.75. The Hall–Kier alpha value is 0.107. The van der Waals surface area contributed by atoms with E-state index < -0.39 is 8.32 Å². The van der Waals surface area contributed by atoms with Crippen LogP contribution in [0, 0.1) is 0 Å². The molecule has 1 unspecified atom stereocenters. The Morgan fingerprint density at radius 2 is 0.800 bits per heavy atom. The molecule has 35 heavy (non-hydrogen) atoms. The van der Waals surface area contributed by atoms with Gasteiger partial charge in [0.05, 0.1) is 6.67 Å². The molecule has 0 N–H and O–H groups in total. The van der Waals surface area contributed by atoms with E-state index in [2.05, 4.69) is 26.9 Å². The molecule has 0 aliphatic carbocycles. The lowest BCUT2D eigenvalue weighted by Gasteiger charge is -2.32. The summed E-state index contributed by atoms with van der Waals surface area (Å²) >= 11 is 0. The topological polar surface area (TPSA) is 9.23 Å². The van der Waals surface area contributed by atoms with Gasteiger partial charge in [-0.1, -0.05) is 161 Å². The molecule has 0 rings (SSSR count). The third-order valence-corrected chi connectivity index (χ3v) is 11.7. The summed E-state index contributed by atoms with van der Waals surface area (Å²) < 4.78 is 18.5. The first-order valence-electron chi connectivity index (χ1n) is 16.3. The van der Waals surface area contributed by atoms with Gasteiger partial charge < -0.3 is 4.43 Å². The third-order valence-electron chi connectivity index (χ3n) is 8.09. The molecule has 0 aromatic carbocycles. The van der Waals surface area contributed by atoms with Crippen LogP contribution in [0.3, 0.4) is 0 Å². The molecule has 0 amide bonds. The molecule has 212 valence electrons. The molecule has 0 heterocycles. The van der Waals surface area contributed by atoms with Gasteiger partial charge in [-0.05, 0) is 32.0 Å². The van der Waals surface area contributed by atoms with Crippen molar-refractivity contribution in [3.63, 3.8) is 0 Å². The summed E-state index contributed by atoms with van der Waals surface area (Å²) in [5, 5.41) is 0. The molecular formula is C32H67FOSi. The second-order valence-electron chi connectivity index (χ2n) is 11.8. The van der Waals surface area contributed by atoms with Crippen LogP contribution in [0.25, 0.3) is 0 Å². The van der Waals surface area contributed by atoms with Crippen molar-refractivity contribution in [1.82, 2.24) is 0 Å². The van der Waals surface area contributed by atoms with E-state index in [-0.39, 0.29) is 6.67 Å². The lowest BCUT2D eigenvalue weighted by Crippen LogP contribution is -2.36. The maximum Gasteiger partial charge on any atom is 0.189 e. The van der Waals surface area contributed by atoms with Gasteiger partial charge in [0.2, 0.25) is 0 Å². The highest BCUT2D eigenvalue weighted by Crippen LogP contribution is 2.34. The van der Waals surface area contributed by atoms with Gasteiger partial charge in [0.25, 0.3) is 0 Å². The number of hydrogen-bond donors (Lipinski definition) is 0. The molecule has 0 fully saturated rings. The maximum atomic E-state index is 12.2. The van der Waals surface area contributed by atoms with E-state index in [0.717, 1.165) is 25.0 Å². The molecule has 0 aromatic heterocycles. The summed E-state index contributed by atoms with van der Waals surface area (Å²) in [6.07, 6.45) is 34.2. The van der Waals surface area contributed by atoms with Gasteiger partial charge in [-0.15, -0.1) is 0 Å². The summed E-state index contributed by atoms with van der Waals surface area (Å²) in [7, 11) is -1.57. The zero-order valence-corrected chi connectivity index (χ0v) is 26.0. The van der Waals surface area contributed by atoms with E-state index in [9.17, 15) is 4.39 Å². The lowest BCUT2D eigenvalue weighted by molar-refractivity contribution is 0.311. The highest BCUT2D eigenvalue weighted by molar-refractivity contribution is 6.72. The van der Waals surface area contributed by atoms with Crippen molar-refractivity contribution in [2.45, 2.75) is 193 Å². The fraction of sp³-hybridized carbons (Fsp3) is 1.00. The van der Waals surface area contributed by atoms with E-state index >= 15 is 0 Å². The van der Waals surface area contributed by atoms with Crippen LogP contribution >= 0.6 is 0 Å². The van der Waals surface area contributed by atoms with Crippen molar-refractivity contribution in [2.75, 3.05) is 13.3 Å². The fourth-order valence-corrected chi connectivity index (χ4v) is 8.42. The van der Waals surface area contributed by atoms with Crippen molar-refractivity contribution >= 4 is 8.32 Å². The molecule has 0 spiro atoms. The van der Waals surface area contributed by atoms with Gasteiger partial charge in [-0.2, -0.15) is 0 Å². The highest BCUT2D eigenvalue weighted by atomic mass is 28.4. The highest BCUT2D eigenvalue weighted by Gasteiger charge is 2.32. The van der Waals surface area contributed by atoms with Crippen molar-refractivity contribution in [1.29, 1.82) is 0 Å². The minimum atomic E-state index is -1.57. The van der Waals surface area contributed by atoms with E-state index in [0.29, 0.717) is 0 Å². The molecule has 0 saturated heterocycles. The van der Waals surface area contributed by atoms with Crippen molar-refractivity contribution in [3.8, 4) is 0 Å². The largest absolute Gasteiger partial charge is 0.417 e. The molecule has 1 nitrogen and oxygen atoms in total. The average Bonchev–Trinajstić information content (AvgIpc) is 2.83. The van der Waals surface area contributed by atoms with Gasteiger partial charge in [-0.3, -0.25) is 4.39 Å². The lowest BCUT2D eigenvalue weighted by atomic mass is 10.0. The Bertz CT molecular complexity index is 401. The van der Waals surface area contributed by atoms with Crippen LogP contribution in [0.15, 0.2) is 0 Å². The number of rotatable bonds is 29. The van der Waals surface area contributed by atoms with Gasteiger partial charge >= 0.3 is 0 Å². The van der Waals surface area contributed by atoms with Gasteiger partial charge in [0.1, 0.15) is 0 Å². The molecule has 0 aliphatic heterocycles. The van der Waals surface area contributed by atoms with E-state index in [4.69, 9.17) is 4.43 Å². The first kappa shape index (κ1) is 35.1. The monoisotopic (exact) mass is 514 g/mol. The van der Waals surface area contributed by atoms with Crippen LogP contribution in [0.1, 0.15) is 174 Å². The zero-order valence-electron chi connectivity index (χ0n) is 25.0. The summed E-state index contributed by atoms with van der Waals surface area (Å²) in [4.78, 5) is 0. The van der Waals surface area contributed by atoms with Gasteiger partial charge in [0.15, 0.2) is 8.32 Å². The number of halogens is 1. The van der Waals surface area contributed by atoms with E-state index in [1.165, 1.54) is 148 Å². The minimum Gasteiger partial charge on any atom is -0.417 e. The van der Waals surface area contributed by atoms with Crippen LogP contribution in [-0.4, -0.2) is 21.6 Å². The number of alkyl halides is 1. The molecule has 0 saturated carbocycles. The zero-order chi connectivity index (χ0) is 25.9. The SMILES string of the molecule is CCCCCCCCCCCCCCCCCC(CCCCCCCCCCF)[Si](C)(C)OCC. The summed E-state index contributed by atoms with van der Waals surface area (Å²) in [5.41, 5.74) is 0.828. The summed E-state index contributed by atoms with van der Waals surface area (Å²) in [6.45, 7) is 10.1. The Labute approximate surface area is 223 Å². The summed E-state index contributed by atoms with van der Waals surface area (Å²) in [6, 6.07) is 0. The predicted molar refractivity (Wildman–Crippen MR) is 160 cm³/mol. The fourth-order valence-electron chi connectivity index (χ4n) is 5.64. The van der Waals surface area contributed by atoms with Crippen molar-refractivity contribution in [2.24, 2.45) is 0 Å². The van der Waals surface area contributed by atoms with Crippen LogP contribution in [-0.2, 0) is 4.43 Å². The quantitative estimate of drug-likeness (QED) is 0.0712. The van der Waals surface area contributed by atoms with Crippen LogP contribution in [0.4, 0.5) is 4.39 Å². The number of unbranched alkanes of at least 4 members (excludes halogenated alkanes) is 21. The van der Waals surface area contributed by atoms with Crippen LogP contribution in [0.2, 0.25) is 18.6 Å². The molecule has 0 bridgehead atoms. The molecule has 0 aliphatic rings. The summed E-state index contributed by atoms with van der Waals surface area (Å²) in [5.74, 6) is 0. The molecule has 0 radical (unpaired) electrons. The van der Waals surface area contributed by atoms with Crippen molar-refractivity contribution in [3.05, 3.63) is 0 Å². The van der Waals surface area contributed by atoms with E-state index in [1.54, 1.807) is 0 Å². The predicted octanol–water partition coefficient (Wildman–Crippen LogP) is 12.3. The molecule has 3 heteroatoms. The second kappa shape index (κ2) is 27.1. The Morgan fingerprint density at radius 1 is 0.486 bits per heavy atom. The first-order valence-corrected chi connectivity index (χ1v) is 19.3. The Morgan fingerprint density at radius 3 is 1.11 bits per heavy atom. The molecule has 0 aromatic rings. The normalized spacial score (nSPS) is 12.9. The maximum absolute atomic E-state index is 12.2. The molecule has 1 atom stereocenters. The van der Waals surface area contributed by atoms with Gasteiger partial charge in [0, 0.05) is 6.61 Å². The van der Waals surface area contributed by atoms with Gasteiger partial charge in [-0.25, -0.2) is 0 Å². The van der Waals surface area contributed by atoms with Crippen LogP contribution < -0.4 is 0 Å². The third kappa shape index (κ3) is 24.2. The average molecular weight is 515 g/mol. The standard InChI is InChI=1S/C32H67FOSi/c1-5-7-8-9-10-11-12-13-14-15-16-17-20-23-26-29-32(35(3,4)34-6-2)30-27-24-21-18-19-22-25-28-31-33/h32H,5-31H2,1-4H3. The smallest absolute Gasteiger partial charge is 0.189 e. The van der Waals surface area contributed by atoms with Crippen molar-refractivity contribution < 1.29 is 8.82 Å².